The molecule has 2 aromatic rings. The molecule has 0 spiro atoms. The molecule has 0 radical (unpaired) electrons. The minimum atomic E-state index is -2.25. The molecule has 0 bridgehead atoms. The van der Waals surface area contributed by atoms with E-state index in [1.165, 1.54) is 25.4 Å². The highest BCUT2D eigenvalue weighted by atomic mass is 35.5. The van der Waals surface area contributed by atoms with E-state index in [0.717, 1.165) is 17.0 Å². The van der Waals surface area contributed by atoms with Crippen LogP contribution in [-0.4, -0.2) is 46.0 Å². The number of aromatic nitrogens is 2. The predicted octanol–water partition coefficient (Wildman–Crippen LogP) is 3.57. The first kappa shape index (κ1) is 15.8. The van der Waals surface area contributed by atoms with Gasteiger partial charge in [0, 0.05) is 55.9 Å². The summed E-state index contributed by atoms with van der Waals surface area (Å²) < 4.78 is 60.4. The van der Waals surface area contributed by atoms with Gasteiger partial charge in [0.05, 0.1) is 11.6 Å². The van der Waals surface area contributed by atoms with Gasteiger partial charge in [0.15, 0.2) is 0 Å². The van der Waals surface area contributed by atoms with Crippen molar-refractivity contribution in [3.8, 4) is 0 Å². The van der Waals surface area contributed by atoms with Gasteiger partial charge < -0.3 is 10.2 Å². The number of likely N-dealkylation sites (tertiary alicyclic amines) is 1. The summed E-state index contributed by atoms with van der Waals surface area (Å²) in [5.41, 5.74) is -1.54. The molecule has 2 heterocycles. The molecule has 150 valence electrons. The molecule has 1 aliphatic heterocycles. The van der Waals surface area contributed by atoms with Crippen LogP contribution in [0.15, 0.2) is 30.6 Å². The molecule has 5 nitrogen and oxygen atoms in total. The van der Waals surface area contributed by atoms with Crippen molar-refractivity contribution in [1.29, 1.82) is 0 Å². The molecular weight excluding hydrogens is 386 g/mol. The quantitative estimate of drug-likeness (QED) is 0.788. The van der Waals surface area contributed by atoms with Gasteiger partial charge in [-0.05, 0) is 30.1 Å². The lowest BCUT2D eigenvalue weighted by Gasteiger charge is -2.36. The number of alkyl halides is 1. The SMILES string of the molecule is [2H]C([2H])(C)c1cnc(CNCC2(F)CCN(C(=O)c3ccc(F)c(Cl)c3)C([2H])([2H])C2)nc1. The van der Waals surface area contributed by atoms with Crippen LogP contribution in [0, 0.1) is 5.82 Å². The summed E-state index contributed by atoms with van der Waals surface area (Å²) in [6.07, 6.45) is 0.560. The Balaban J connectivity index is 1.60. The third kappa shape index (κ3) is 5.02. The van der Waals surface area contributed by atoms with Crippen LogP contribution in [-0.2, 0) is 12.9 Å². The van der Waals surface area contributed by atoms with Gasteiger partial charge in [-0.25, -0.2) is 18.7 Å². The largest absolute Gasteiger partial charge is 0.338 e. The number of piperidine rings is 1. The summed E-state index contributed by atoms with van der Waals surface area (Å²) >= 11 is 5.72. The number of rotatable bonds is 6. The van der Waals surface area contributed by atoms with Crippen molar-refractivity contribution in [2.24, 2.45) is 0 Å². The highest BCUT2D eigenvalue weighted by molar-refractivity contribution is 6.31. The molecular formula is C20H23ClF2N4O. The van der Waals surface area contributed by atoms with Gasteiger partial charge >= 0.3 is 0 Å². The van der Waals surface area contributed by atoms with Crippen molar-refractivity contribution in [3.63, 3.8) is 0 Å². The Hall–Kier alpha value is -2.12. The van der Waals surface area contributed by atoms with Gasteiger partial charge in [-0.2, -0.15) is 0 Å². The average molecular weight is 413 g/mol. The maximum absolute atomic E-state index is 15.3. The fourth-order valence-electron chi connectivity index (χ4n) is 2.80. The zero-order valence-corrected chi connectivity index (χ0v) is 16.1. The van der Waals surface area contributed by atoms with Gasteiger partial charge in [-0.3, -0.25) is 4.79 Å². The molecule has 28 heavy (non-hydrogen) atoms. The number of aryl methyl sites for hydroxylation is 1. The van der Waals surface area contributed by atoms with Crippen LogP contribution in [0.5, 0.6) is 0 Å². The summed E-state index contributed by atoms with van der Waals surface area (Å²) in [6.45, 7) is -1.06. The highest BCUT2D eigenvalue weighted by Gasteiger charge is 2.36. The molecule has 1 N–H and O–H groups in total. The number of carbonyl (C=O) groups is 1. The van der Waals surface area contributed by atoms with Crippen LogP contribution in [0.1, 0.15) is 47.0 Å². The van der Waals surface area contributed by atoms with Crippen molar-refractivity contribution in [2.45, 2.75) is 38.4 Å². The highest BCUT2D eigenvalue weighted by Crippen LogP contribution is 2.27. The van der Waals surface area contributed by atoms with Crippen LogP contribution < -0.4 is 5.32 Å². The van der Waals surface area contributed by atoms with Crippen molar-refractivity contribution >= 4 is 17.5 Å². The van der Waals surface area contributed by atoms with Gasteiger partial charge in [-0.15, -0.1) is 0 Å². The molecule has 8 heteroatoms. The summed E-state index contributed by atoms with van der Waals surface area (Å²) in [7, 11) is 0. The summed E-state index contributed by atoms with van der Waals surface area (Å²) in [6, 6.07) is 3.37. The Kier molecular flexibility index (Phi) is 5.02. The fourth-order valence-corrected chi connectivity index (χ4v) is 2.98. The van der Waals surface area contributed by atoms with Crippen LogP contribution >= 0.6 is 11.6 Å². The lowest BCUT2D eigenvalue weighted by Crippen LogP contribution is -2.48. The zero-order valence-electron chi connectivity index (χ0n) is 19.3. The maximum atomic E-state index is 15.3. The van der Waals surface area contributed by atoms with E-state index >= 15 is 4.39 Å². The molecule has 1 fully saturated rings. The summed E-state index contributed by atoms with van der Waals surface area (Å²) in [4.78, 5) is 21.8. The summed E-state index contributed by atoms with van der Waals surface area (Å²) in [5.74, 6) is -1.02. The first-order chi connectivity index (χ1) is 14.8. The molecule has 1 saturated heterocycles. The number of benzene rings is 1. The number of amides is 1. The van der Waals surface area contributed by atoms with Crippen molar-refractivity contribution in [3.05, 3.63) is 58.4 Å². The Labute approximate surface area is 173 Å². The predicted molar refractivity (Wildman–Crippen MR) is 104 cm³/mol. The smallest absolute Gasteiger partial charge is 0.253 e. The third-order valence-corrected chi connectivity index (χ3v) is 4.79. The van der Waals surface area contributed by atoms with Gasteiger partial charge in [-0.1, -0.05) is 18.5 Å². The second kappa shape index (κ2) is 8.92. The summed E-state index contributed by atoms with van der Waals surface area (Å²) in [5, 5.41) is 2.63. The normalized spacial score (nSPS) is 24.1. The number of nitrogens with one attached hydrogen (secondary N) is 1. The Morgan fingerprint density at radius 2 is 2.18 bits per heavy atom. The molecule has 1 aliphatic rings. The first-order valence-electron chi connectivity index (χ1n) is 10.8. The monoisotopic (exact) mass is 412 g/mol. The van der Waals surface area contributed by atoms with Gasteiger partial charge in [0.2, 0.25) is 0 Å². The van der Waals surface area contributed by atoms with Crippen molar-refractivity contribution < 1.29 is 19.1 Å². The van der Waals surface area contributed by atoms with E-state index in [1.54, 1.807) is 0 Å². The molecule has 0 saturated carbocycles. The standard InChI is InChI=1S/C20H23ClF2N4O/c1-2-14-10-25-18(26-11-14)12-24-13-20(23)5-7-27(8-6-20)19(28)15-3-4-17(22)16(21)9-15/h3-4,9-11,24H,2,5-8,12-13H2,1H3/i2D2,7D2. The molecule has 1 atom stereocenters. The average Bonchev–Trinajstić information content (AvgIpc) is 2.68. The number of hydrogen-bond acceptors (Lipinski definition) is 4. The first-order valence-corrected chi connectivity index (χ1v) is 9.17. The van der Waals surface area contributed by atoms with E-state index < -0.39 is 36.7 Å². The van der Waals surface area contributed by atoms with Crippen LogP contribution in [0.3, 0.4) is 0 Å². The third-order valence-electron chi connectivity index (χ3n) is 4.50. The molecule has 0 aliphatic carbocycles. The Morgan fingerprint density at radius 1 is 1.43 bits per heavy atom. The van der Waals surface area contributed by atoms with E-state index in [1.807, 2.05) is 0 Å². The minimum absolute atomic E-state index is 0.0295. The van der Waals surface area contributed by atoms with E-state index in [9.17, 15) is 9.18 Å². The second-order valence-electron chi connectivity index (χ2n) is 6.56. The number of halogens is 3. The molecule has 1 unspecified atom stereocenters. The van der Waals surface area contributed by atoms with Crippen molar-refractivity contribution in [2.75, 3.05) is 19.6 Å². The van der Waals surface area contributed by atoms with Crippen LogP contribution in [0.2, 0.25) is 5.02 Å². The molecule has 1 aromatic carbocycles. The molecule has 1 aromatic heterocycles. The van der Waals surface area contributed by atoms with E-state index in [-0.39, 0.29) is 36.6 Å². The van der Waals surface area contributed by atoms with Crippen LogP contribution in [0.25, 0.3) is 0 Å². The van der Waals surface area contributed by atoms with E-state index in [0.29, 0.717) is 11.4 Å². The Bertz CT molecular complexity index is 991. The van der Waals surface area contributed by atoms with Gasteiger partial charge in [0.25, 0.3) is 5.91 Å². The van der Waals surface area contributed by atoms with Gasteiger partial charge in [0.1, 0.15) is 17.3 Å². The van der Waals surface area contributed by atoms with Crippen LogP contribution in [0.4, 0.5) is 8.78 Å². The minimum Gasteiger partial charge on any atom is -0.338 e. The van der Waals surface area contributed by atoms with Crippen molar-refractivity contribution in [1.82, 2.24) is 20.2 Å². The number of carbonyl (C=O) groups excluding carboxylic acids is 1. The maximum Gasteiger partial charge on any atom is 0.253 e. The lowest BCUT2D eigenvalue weighted by molar-refractivity contribution is 0.0434. The number of hydrogen-bond donors (Lipinski definition) is 1. The zero-order chi connectivity index (χ0) is 23.7. The number of nitrogens with zero attached hydrogens (tertiary/aromatic N) is 3. The van der Waals surface area contributed by atoms with E-state index in [2.05, 4.69) is 15.3 Å². The molecule has 1 amide bonds. The van der Waals surface area contributed by atoms with E-state index in [4.69, 9.17) is 17.1 Å². The second-order valence-corrected chi connectivity index (χ2v) is 6.97. The molecule has 3 rings (SSSR count). The lowest BCUT2D eigenvalue weighted by atomic mass is 9.92. The topological polar surface area (TPSA) is 58.1 Å². The Morgan fingerprint density at radius 3 is 2.82 bits per heavy atom. The fraction of sp³-hybridized carbons (Fsp3) is 0.450.